The molecule has 0 unspecified atom stereocenters. The third kappa shape index (κ3) is 4.77. The summed E-state index contributed by atoms with van der Waals surface area (Å²) in [6, 6.07) is 7.36. The van der Waals surface area contributed by atoms with Crippen molar-refractivity contribution < 1.29 is 12.6 Å². The van der Waals surface area contributed by atoms with Crippen molar-refractivity contribution in [3.05, 3.63) is 35.4 Å². The van der Waals surface area contributed by atoms with Gasteiger partial charge in [0, 0.05) is 5.33 Å². The number of rotatable bonds is 5. The first-order valence-corrected chi connectivity index (χ1v) is 7.22. The van der Waals surface area contributed by atoms with Gasteiger partial charge in [-0.05, 0) is 12.5 Å². The number of hydrogen-bond donors (Lipinski definition) is 0. The molecule has 0 N–H and O–H groups in total. The number of halogens is 1. The van der Waals surface area contributed by atoms with Gasteiger partial charge in [-0.25, -0.2) is 0 Å². The number of benzene rings is 1. The number of hydrogen-bond acceptors (Lipinski definition) is 3. The van der Waals surface area contributed by atoms with E-state index in [-0.39, 0.29) is 12.4 Å². The second-order valence-electron chi connectivity index (χ2n) is 3.20. The van der Waals surface area contributed by atoms with Crippen molar-refractivity contribution >= 4 is 26.0 Å². The summed E-state index contributed by atoms with van der Waals surface area (Å²) in [5.41, 5.74) is 1.85. The maximum Gasteiger partial charge on any atom is 0.271 e. The van der Waals surface area contributed by atoms with Crippen LogP contribution < -0.4 is 0 Å². The fourth-order valence-corrected chi connectivity index (χ4v) is 2.49. The standard InChI is InChI=1S/C10H13BrO3S/c1-9-2-4-10(5-3-9)8-15(12,13)14-7-6-11/h2-5H,6-8H2,1H3. The van der Waals surface area contributed by atoms with E-state index in [1.165, 1.54) is 0 Å². The maximum absolute atomic E-state index is 11.4. The van der Waals surface area contributed by atoms with E-state index in [4.69, 9.17) is 4.18 Å². The summed E-state index contributed by atoms with van der Waals surface area (Å²) < 4.78 is 27.5. The minimum Gasteiger partial charge on any atom is -0.269 e. The van der Waals surface area contributed by atoms with E-state index in [0.29, 0.717) is 5.33 Å². The lowest BCUT2D eigenvalue weighted by molar-refractivity contribution is 0.341. The zero-order valence-corrected chi connectivity index (χ0v) is 10.8. The van der Waals surface area contributed by atoms with E-state index >= 15 is 0 Å². The molecular formula is C10H13BrO3S. The quantitative estimate of drug-likeness (QED) is 0.617. The van der Waals surface area contributed by atoms with Crippen molar-refractivity contribution in [2.24, 2.45) is 0 Å². The first-order valence-electron chi connectivity index (χ1n) is 4.52. The maximum atomic E-state index is 11.4. The molecule has 0 amide bonds. The predicted molar refractivity (Wildman–Crippen MR) is 63.5 cm³/mol. The Balaban J connectivity index is 2.65. The van der Waals surface area contributed by atoms with Crippen LogP contribution in [-0.2, 0) is 20.1 Å². The van der Waals surface area contributed by atoms with E-state index < -0.39 is 10.1 Å². The molecule has 0 fully saturated rings. The van der Waals surface area contributed by atoms with Crippen molar-refractivity contribution in [2.75, 3.05) is 11.9 Å². The molecule has 1 aromatic carbocycles. The molecule has 0 radical (unpaired) electrons. The number of aryl methyl sites for hydroxylation is 1. The zero-order valence-electron chi connectivity index (χ0n) is 8.44. The lowest BCUT2D eigenvalue weighted by atomic mass is 10.2. The summed E-state index contributed by atoms with van der Waals surface area (Å²) in [5, 5.41) is 0.514. The molecule has 0 saturated heterocycles. The van der Waals surface area contributed by atoms with Gasteiger partial charge in [0.15, 0.2) is 0 Å². The normalized spacial score (nSPS) is 11.6. The molecule has 0 aliphatic rings. The fraction of sp³-hybridized carbons (Fsp3) is 0.400. The largest absolute Gasteiger partial charge is 0.271 e. The molecule has 0 aromatic heterocycles. The van der Waals surface area contributed by atoms with Crippen molar-refractivity contribution in [3.8, 4) is 0 Å². The molecule has 3 nitrogen and oxygen atoms in total. The van der Waals surface area contributed by atoms with Crippen LogP contribution in [0.15, 0.2) is 24.3 Å². The molecule has 0 aliphatic heterocycles. The van der Waals surface area contributed by atoms with Crippen LogP contribution in [0.4, 0.5) is 0 Å². The van der Waals surface area contributed by atoms with Crippen molar-refractivity contribution in [2.45, 2.75) is 12.7 Å². The monoisotopic (exact) mass is 292 g/mol. The highest BCUT2D eigenvalue weighted by atomic mass is 79.9. The zero-order chi connectivity index (χ0) is 11.3. The van der Waals surface area contributed by atoms with Crippen molar-refractivity contribution in [3.63, 3.8) is 0 Å². The van der Waals surface area contributed by atoms with Crippen LogP contribution in [-0.4, -0.2) is 20.4 Å². The molecule has 84 valence electrons. The average molecular weight is 293 g/mol. The molecule has 0 aliphatic carbocycles. The first-order chi connectivity index (χ1) is 7.03. The average Bonchev–Trinajstić information content (AvgIpc) is 2.18. The van der Waals surface area contributed by atoms with E-state index in [1.54, 1.807) is 12.1 Å². The van der Waals surface area contributed by atoms with Crippen LogP contribution in [0.5, 0.6) is 0 Å². The summed E-state index contributed by atoms with van der Waals surface area (Å²) in [6.45, 7) is 2.13. The minimum atomic E-state index is -3.44. The van der Waals surface area contributed by atoms with Gasteiger partial charge in [0.2, 0.25) is 0 Å². The van der Waals surface area contributed by atoms with Gasteiger partial charge in [-0.1, -0.05) is 45.8 Å². The van der Waals surface area contributed by atoms with Crippen LogP contribution >= 0.6 is 15.9 Å². The van der Waals surface area contributed by atoms with Crippen LogP contribution in [0.2, 0.25) is 0 Å². The topological polar surface area (TPSA) is 43.4 Å². The number of alkyl halides is 1. The highest BCUT2D eigenvalue weighted by Gasteiger charge is 2.11. The molecule has 0 atom stereocenters. The Morgan fingerprint density at radius 2 is 1.87 bits per heavy atom. The van der Waals surface area contributed by atoms with Crippen LogP contribution in [0.1, 0.15) is 11.1 Å². The smallest absolute Gasteiger partial charge is 0.269 e. The van der Waals surface area contributed by atoms with E-state index in [0.717, 1.165) is 11.1 Å². The Bertz CT molecular complexity index is 397. The molecule has 0 bridgehead atoms. The highest BCUT2D eigenvalue weighted by molar-refractivity contribution is 9.09. The van der Waals surface area contributed by atoms with E-state index in [9.17, 15) is 8.42 Å². The van der Waals surface area contributed by atoms with Crippen LogP contribution in [0, 0.1) is 6.92 Å². The molecular weight excluding hydrogens is 280 g/mol. The first kappa shape index (κ1) is 12.7. The van der Waals surface area contributed by atoms with Gasteiger partial charge in [0.05, 0.1) is 6.61 Å². The van der Waals surface area contributed by atoms with Gasteiger partial charge in [-0.2, -0.15) is 8.42 Å². The summed E-state index contributed by atoms with van der Waals surface area (Å²) in [6.07, 6.45) is 0. The Kier molecular flexibility index (Phi) is 4.76. The molecule has 1 rings (SSSR count). The Labute approximate surface area is 98.7 Å². The predicted octanol–water partition coefficient (Wildman–Crippen LogP) is 2.24. The molecule has 1 aromatic rings. The molecule has 5 heteroatoms. The summed E-state index contributed by atoms with van der Waals surface area (Å²) in [7, 11) is -3.44. The van der Waals surface area contributed by atoms with Gasteiger partial charge in [-0.3, -0.25) is 4.18 Å². The molecule has 0 heterocycles. The van der Waals surface area contributed by atoms with Crippen molar-refractivity contribution in [1.29, 1.82) is 0 Å². The van der Waals surface area contributed by atoms with E-state index in [2.05, 4.69) is 15.9 Å². The Morgan fingerprint density at radius 1 is 1.27 bits per heavy atom. The summed E-state index contributed by atoms with van der Waals surface area (Å²) >= 11 is 3.11. The van der Waals surface area contributed by atoms with Gasteiger partial charge in [0.1, 0.15) is 5.75 Å². The second kappa shape index (κ2) is 5.63. The van der Waals surface area contributed by atoms with E-state index in [1.807, 2.05) is 19.1 Å². The minimum absolute atomic E-state index is 0.0692. The lowest BCUT2D eigenvalue weighted by Gasteiger charge is -2.04. The third-order valence-corrected chi connectivity index (χ3v) is 3.34. The van der Waals surface area contributed by atoms with Crippen molar-refractivity contribution in [1.82, 2.24) is 0 Å². The van der Waals surface area contributed by atoms with Gasteiger partial charge in [0.25, 0.3) is 10.1 Å². The highest BCUT2D eigenvalue weighted by Crippen LogP contribution is 2.09. The summed E-state index contributed by atoms with van der Waals surface area (Å²) in [4.78, 5) is 0. The fourth-order valence-electron chi connectivity index (χ4n) is 1.09. The Hall–Kier alpha value is -0.390. The SMILES string of the molecule is Cc1ccc(CS(=O)(=O)OCCBr)cc1. The third-order valence-electron chi connectivity index (χ3n) is 1.80. The molecule has 0 saturated carbocycles. The Morgan fingerprint density at radius 3 is 2.40 bits per heavy atom. The molecule has 0 spiro atoms. The van der Waals surface area contributed by atoms with Gasteiger partial charge in [-0.15, -0.1) is 0 Å². The lowest BCUT2D eigenvalue weighted by Crippen LogP contribution is -2.10. The van der Waals surface area contributed by atoms with Crippen LogP contribution in [0.25, 0.3) is 0 Å². The summed E-state index contributed by atoms with van der Waals surface area (Å²) in [5.74, 6) is -0.0692. The van der Waals surface area contributed by atoms with Gasteiger partial charge < -0.3 is 0 Å². The van der Waals surface area contributed by atoms with Gasteiger partial charge >= 0.3 is 0 Å². The molecule has 15 heavy (non-hydrogen) atoms. The second-order valence-corrected chi connectivity index (χ2v) is 5.63. The van der Waals surface area contributed by atoms with Crippen LogP contribution in [0.3, 0.4) is 0 Å².